The summed E-state index contributed by atoms with van der Waals surface area (Å²) in [5.74, 6) is 0. The van der Waals surface area contributed by atoms with Gasteiger partial charge >= 0.3 is 0 Å². The summed E-state index contributed by atoms with van der Waals surface area (Å²) < 4.78 is 2.47. The molecule has 1 aliphatic carbocycles. The smallest absolute Gasteiger partial charge is 0.0741 e. The Labute approximate surface area is 402 Å². The molecule has 2 aliphatic rings. The minimum atomic E-state index is -0.481. The van der Waals surface area contributed by atoms with Gasteiger partial charge in [0.1, 0.15) is 0 Å². The monoisotopic (exact) mass is 886 g/mol. The molecule has 0 amide bonds. The van der Waals surface area contributed by atoms with Gasteiger partial charge < -0.3 is 9.47 Å². The summed E-state index contributed by atoms with van der Waals surface area (Å²) in [4.78, 5) is 5.01. The predicted octanol–water partition coefficient (Wildman–Crippen LogP) is 17.8. The van der Waals surface area contributed by atoms with Gasteiger partial charge in [0.2, 0.25) is 0 Å². The van der Waals surface area contributed by atoms with Crippen LogP contribution in [-0.4, -0.2) is 4.57 Å². The first kappa shape index (κ1) is 40.2. The predicted molar refractivity (Wildman–Crippen MR) is 287 cm³/mol. The molecule has 3 heteroatoms. The van der Waals surface area contributed by atoms with Crippen molar-refractivity contribution in [3.8, 4) is 39.1 Å². The second kappa shape index (κ2) is 16.0. The maximum Gasteiger partial charge on any atom is 0.0741 e. The largest absolute Gasteiger partial charge is 0.310 e. The van der Waals surface area contributed by atoms with Gasteiger partial charge in [-0.1, -0.05) is 188 Å². The zero-order chi connectivity index (χ0) is 45.3. The molecule has 0 N–H and O–H groups in total. The summed E-state index contributed by atoms with van der Waals surface area (Å²) in [5.41, 5.74) is 21.6. The van der Waals surface area contributed by atoms with E-state index in [2.05, 4.69) is 266 Å². The van der Waals surface area contributed by atoms with E-state index >= 15 is 0 Å². The van der Waals surface area contributed by atoms with Crippen LogP contribution < -0.4 is 4.90 Å². The Bertz CT molecular complexity index is 3740. The van der Waals surface area contributed by atoms with Crippen molar-refractivity contribution in [2.24, 2.45) is 0 Å². The Hall–Kier alpha value is -8.11. The molecule has 0 bridgehead atoms. The second-order valence-corrected chi connectivity index (χ2v) is 19.1. The van der Waals surface area contributed by atoms with Crippen molar-refractivity contribution in [1.29, 1.82) is 0 Å². The van der Waals surface area contributed by atoms with Crippen LogP contribution in [0.5, 0.6) is 0 Å². The van der Waals surface area contributed by atoms with E-state index < -0.39 is 5.41 Å². The standard InChI is InChI=1S/C65H46N2S/c1-3-43(2)44-31-35-48(36-32-44)66(49-37-33-46(34-38-49)45-17-5-4-6-18-45)51-39-40-55-54-22-8-12-28-60(54)67(61(55)42-51)50-20-15-19-47(41-50)52-23-16-24-56-53-21-7-9-25-57(53)65(64(52)56)58-26-10-13-29-62(58)68-63-30-14-11-27-59(63)65/h3-42H,1-2H3/b43-3+. The number of nitrogens with zero attached hydrogens (tertiary/aromatic N) is 2. The molecule has 0 radical (unpaired) electrons. The van der Waals surface area contributed by atoms with Crippen LogP contribution in [0, 0.1) is 0 Å². The van der Waals surface area contributed by atoms with Crippen molar-refractivity contribution in [2.45, 2.75) is 29.1 Å². The van der Waals surface area contributed by atoms with Gasteiger partial charge in [-0.3, -0.25) is 0 Å². The first-order chi connectivity index (χ1) is 33.6. The van der Waals surface area contributed by atoms with Crippen molar-refractivity contribution in [2.75, 3.05) is 4.90 Å². The van der Waals surface area contributed by atoms with Gasteiger partial charge in [-0.15, -0.1) is 0 Å². The zero-order valence-electron chi connectivity index (χ0n) is 37.9. The Kier molecular flexibility index (Phi) is 9.49. The lowest BCUT2D eigenvalue weighted by atomic mass is 9.66. The van der Waals surface area contributed by atoms with Crippen molar-refractivity contribution in [3.05, 3.63) is 270 Å². The van der Waals surface area contributed by atoms with Gasteiger partial charge in [-0.25, -0.2) is 0 Å². The van der Waals surface area contributed by atoms with Crippen LogP contribution >= 0.6 is 11.8 Å². The van der Waals surface area contributed by atoms with Gasteiger partial charge in [0.05, 0.1) is 16.4 Å². The Morgan fingerprint density at radius 1 is 0.441 bits per heavy atom. The third-order valence-corrected chi connectivity index (χ3v) is 15.6. The zero-order valence-corrected chi connectivity index (χ0v) is 38.7. The lowest BCUT2D eigenvalue weighted by Gasteiger charge is -2.40. The Morgan fingerprint density at radius 3 is 1.75 bits per heavy atom. The maximum atomic E-state index is 2.47. The topological polar surface area (TPSA) is 8.17 Å². The number of hydrogen-bond donors (Lipinski definition) is 0. The van der Waals surface area contributed by atoms with Crippen LogP contribution in [0.15, 0.2) is 252 Å². The van der Waals surface area contributed by atoms with Gasteiger partial charge in [0.25, 0.3) is 0 Å². The van der Waals surface area contributed by atoms with Crippen molar-refractivity contribution in [1.82, 2.24) is 4.57 Å². The number of aromatic nitrogens is 1. The van der Waals surface area contributed by atoms with E-state index in [1.807, 2.05) is 11.8 Å². The van der Waals surface area contributed by atoms with E-state index in [9.17, 15) is 0 Å². The van der Waals surface area contributed by atoms with Crippen molar-refractivity contribution >= 4 is 56.2 Å². The molecule has 10 aromatic carbocycles. The van der Waals surface area contributed by atoms with Crippen LogP contribution in [0.25, 0.3) is 66.4 Å². The number of hydrogen-bond acceptors (Lipinski definition) is 2. The molecular weight excluding hydrogens is 841 g/mol. The van der Waals surface area contributed by atoms with Gasteiger partial charge in [-0.2, -0.15) is 0 Å². The Morgan fingerprint density at radius 2 is 1.00 bits per heavy atom. The summed E-state index contributed by atoms with van der Waals surface area (Å²) in [7, 11) is 0. The van der Waals surface area contributed by atoms with E-state index in [1.54, 1.807) is 0 Å². The van der Waals surface area contributed by atoms with Crippen LogP contribution in [0.1, 0.15) is 41.7 Å². The molecule has 13 rings (SSSR count). The lowest BCUT2D eigenvalue weighted by molar-refractivity contribution is 0.724. The molecule has 0 unspecified atom stereocenters. The van der Waals surface area contributed by atoms with Crippen LogP contribution in [0.2, 0.25) is 0 Å². The van der Waals surface area contributed by atoms with Crippen molar-refractivity contribution < 1.29 is 0 Å². The molecule has 2 nitrogen and oxygen atoms in total. The summed E-state index contributed by atoms with van der Waals surface area (Å²) >= 11 is 1.89. The molecule has 0 saturated heterocycles. The first-order valence-electron chi connectivity index (χ1n) is 23.5. The molecule has 1 aromatic heterocycles. The van der Waals surface area contributed by atoms with Gasteiger partial charge in [0, 0.05) is 43.3 Å². The van der Waals surface area contributed by atoms with Crippen LogP contribution in [0.3, 0.4) is 0 Å². The number of rotatable bonds is 7. The maximum absolute atomic E-state index is 2.47. The Balaban J connectivity index is 1.01. The third kappa shape index (κ3) is 6.13. The highest BCUT2D eigenvalue weighted by molar-refractivity contribution is 7.99. The SMILES string of the molecule is C/C=C(\C)c1ccc(N(c2ccc(-c3ccccc3)cc2)c2ccc3c4ccccc4n(-c4cccc(-c5cccc6c5C5(c7ccccc7Sc7ccccc75)c5ccccc5-6)c4)c3c2)cc1. The molecule has 0 atom stereocenters. The normalized spacial score (nSPS) is 13.3. The van der Waals surface area contributed by atoms with E-state index in [0.29, 0.717) is 0 Å². The minimum absolute atomic E-state index is 0.481. The molecule has 11 aromatic rings. The molecule has 322 valence electrons. The minimum Gasteiger partial charge on any atom is -0.310 e. The highest BCUT2D eigenvalue weighted by atomic mass is 32.2. The summed E-state index contributed by atoms with van der Waals surface area (Å²) in [5, 5.41) is 2.45. The fraction of sp³-hybridized carbons (Fsp3) is 0.0462. The first-order valence-corrected chi connectivity index (χ1v) is 24.3. The summed E-state index contributed by atoms with van der Waals surface area (Å²) in [6.45, 7) is 4.27. The third-order valence-electron chi connectivity index (χ3n) is 14.4. The molecule has 0 saturated carbocycles. The number of allylic oxidation sites excluding steroid dienone is 2. The molecular formula is C65H46N2S. The lowest BCUT2D eigenvalue weighted by Crippen LogP contribution is -2.32. The molecule has 1 aliphatic heterocycles. The molecule has 0 fully saturated rings. The molecule has 68 heavy (non-hydrogen) atoms. The van der Waals surface area contributed by atoms with Gasteiger partial charge in [-0.05, 0) is 147 Å². The average molecular weight is 887 g/mol. The van der Waals surface area contributed by atoms with E-state index in [4.69, 9.17) is 0 Å². The van der Waals surface area contributed by atoms with Crippen molar-refractivity contribution in [3.63, 3.8) is 0 Å². The number of benzene rings is 10. The van der Waals surface area contributed by atoms with E-state index in [0.717, 1.165) is 28.3 Å². The summed E-state index contributed by atoms with van der Waals surface area (Å²) in [6, 6.07) is 87.9. The molecule has 2 heterocycles. The van der Waals surface area contributed by atoms with Crippen LogP contribution in [-0.2, 0) is 5.41 Å². The highest BCUT2D eigenvalue weighted by Gasteiger charge is 2.51. The average Bonchev–Trinajstić information content (AvgIpc) is 3.90. The second-order valence-electron chi connectivity index (χ2n) is 18.0. The van der Waals surface area contributed by atoms with Gasteiger partial charge in [0.15, 0.2) is 0 Å². The quantitative estimate of drug-likeness (QED) is 0.158. The number of para-hydroxylation sites is 1. The highest BCUT2D eigenvalue weighted by Crippen LogP contribution is 2.64. The fourth-order valence-corrected chi connectivity index (χ4v) is 12.5. The summed E-state index contributed by atoms with van der Waals surface area (Å²) in [6.07, 6.45) is 2.17. The van der Waals surface area contributed by atoms with Crippen LogP contribution in [0.4, 0.5) is 17.1 Å². The number of fused-ring (bicyclic) bond motifs is 12. The fourth-order valence-electron chi connectivity index (χ4n) is 11.3. The van der Waals surface area contributed by atoms with E-state index in [1.165, 1.54) is 92.9 Å². The van der Waals surface area contributed by atoms with E-state index in [-0.39, 0.29) is 0 Å². The molecule has 1 spiro atoms. The number of anilines is 3.